The summed E-state index contributed by atoms with van der Waals surface area (Å²) in [5.41, 5.74) is 6.82. The molecular weight excluding hydrogens is 873 g/mol. The lowest BCUT2D eigenvalue weighted by atomic mass is 10.1. The number of halogens is 5. The predicted molar refractivity (Wildman–Crippen MR) is 234 cm³/mol. The number of benzene rings is 4. The zero-order valence-electron chi connectivity index (χ0n) is 32.1. The first-order valence-corrected chi connectivity index (χ1v) is 20.0. The summed E-state index contributed by atoms with van der Waals surface area (Å²) in [7, 11) is 0. The zero-order valence-corrected chi connectivity index (χ0v) is 35.2. The van der Waals surface area contributed by atoms with Gasteiger partial charge in [0.2, 0.25) is 0 Å². The minimum atomic E-state index is -1.10. The lowest BCUT2D eigenvalue weighted by molar-refractivity contribution is 0.0690. The van der Waals surface area contributed by atoms with Gasteiger partial charge in [0.25, 0.3) is 0 Å². The second kappa shape index (κ2) is 18.8. The maximum absolute atomic E-state index is 13.2. The van der Waals surface area contributed by atoms with Gasteiger partial charge in [-0.3, -0.25) is 9.13 Å². The van der Waals surface area contributed by atoms with Gasteiger partial charge in [0.05, 0.1) is 11.4 Å². The normalized spacial score (nSPS) is 10.8. The maximum Gasteiger partial charge on any atom is 0.354 e. The smallest absolute Gasteiger partial charge is 0.354 e. The van der Waals surface area contributed by atoms with E-state index in [1.807, 2.05) is 73.0 Å². The summed E-state index contributed by atoms with van der Waals surface area (Å²) < 4.78 is 43.1. The molecule has 0 atom stereocenters. The molecule has 4 aromatic heterocycles. The number of aromatic carboxylic acids is 1. The lowest BCUT2D eigenvalue weighted by Gasteiger charge is -2.16. The molecule has 302 valence electrons. The van der Waals surface area contributed by atoms with Crippen molar-refractivity contribution < 1.29 is 28.2 Å². The van der Waals surface area contributed by atoms with Crippen molar-refractivity contribution in [2.24, 2.45) is 0 Å². The van der Waals surface area contributed by atoms with Crippen molar-refractivity contribution in [1.29, 1.82) is 0 Å². The fraction of sp³-hybridized carbons (Fsp3) is 0.0851. The van der Waals surface area contributed by atoms with Gasteiger partial charge in [-0.05, 0) is 150 Å². The first-order chi connectivity index (χ1) is 28.9. The summed E-state index contributed by atoms with van der Waals surface area (Å²) in [4.78, 5) is 20.2. The Morgan fingerprint density at radius 2 is 1.07 bits per heavy atom. The molecule has 1 N–H and O–H groups in total. The molecular formula is C47H35BrCl2F2N4O4. The van der Waals surface area contributed by atoms with E-state index in [1.165, 1.54) is 30.3 Å². The second-order valence-corrected chi connectivity index (χ2v) is 15.2. The third-order valence-corrected chi connectivity index (χ3v) is 10.2. The quantitative estimate of drug-likeness (QED) is 0.130. The third-order valence-electron chi connectivity index (χ3n) is 9.31. The SMILES string of the molecule is Cc1ccc(-c2cc(Cl)ccc2OCc2ccc(F)cc2)n1-c1cccc(Br)n1.Cc1ccc(-c2cc(Cl)ccc2OCc2ccc(F)cc2)n1-c1cccc(C(=O)O)n1. The summed E-state index contributed by atoms with van der Waals surface area (Å²) >= 11 is 16.0. The Morgan fingerprint density at radius 1 is 0.617 bits per heavy atom. The van der Waals surface area contributed by atoms with Gasteiger partial charge < -0.3 is 14.6 Å². The Balaban J connectivity index is 0.000000182. The van der Waals surface area contributed by atoms with E-state index in [0.717, 1.165) is 55.5 Å². The van der Waals surface area contributed by atoms with Gasteiger partial charge in [-0.1, -0.05) is 59.6 Å². The van der Waals surface area contributed by atoms with Crippen molar-refractivity contribution in [3.05, 3.63) is 200 Å². The van der Waals surface area contributed by atoms with E-state index in [2.05, 4.69) is 30.5 Å². The Labute approximate surface area is 363 Å². The number of ether oxygens (including phenoxy) is 2. The Morgan fingerprint density at radius 3 is 1.52 bits per heavy atom. The number of rotatable bonds is 11. The molecule has 8 aromatic rings. The number of carbonyl (C=O) groups is 1. The van der Waals surface area contributed by atoms with E-state index in [9.17, 15) is 18.7 Å². The van der Waals surface area contributed by atoms with Gasteiger partial charge in [0.1, 0.15) is 52.6 Å². The molecule has 0 saturated heterocycles. The van der Waals surface area contributed by atoms with Crippen molar-refractivity contribution in [2.75, 3.05) is 0 Å². The van der Waals surface area contributed by atoms with Crippen LogP contribution in [-0.4, -0.2) is 30.2 Å². The molecule has 4 heterocycles. The van der Waals surface area contributed by atoms with Crippen LogP contribution in [0.1, 0.15) is 33.0 Å². The van der Waals surface area contributed by atoms with E-state index in [0.29, 0.717) is 34.0 Å². The maximum atomic E-state index is 13.2. The molecule has 0 spiro atoms. The lowest BCUT2D eigenvalue weighted by Crippen LogP contribution is -2.07. The fourth-order valence-corrected chi connectivity index (χ4v) is 7.11. The number of carboxylic acids is 1. The summed E-state index contributed by atoms with van der Waals surface area (Å²) in [6.07, 6.45) is 0. The monoisotopic (exact) mass is 906 g/mol. The highest BCUT2D eigenvalue weighted by atomic mass is 79.9. The molecule has 0 amide bonds. The second-order valence-electron chi connectivity index (χ2n) is 13.5. The van der Waals surface area contributed by atoms with Crippen LogP contribution in [0.25, 0.3) is 34.2 Å². The van der Waals surface area contributed by atoms with Gasteiger partial charge >= 0.3 is 5.97 Å². The van der Waals surface area contributed by atoms with Crippen molar-refractivity contribution in [3.8, 4) is 45.6 Å². The van der Waals surface area contributed by atoms with Crippen LogP contribution in [0.2, 0.25) is 10.0 Å². The molecule has 4 aromatic carbocycles. The van der Waals surface area contributed by atoms with Crippen molar-refractivity contribution in [1.82, 2.24) is 19.1 Å². The number of hydrogen-bond acceptors (Lipinski definition) is 5. The molecule has 8 rings (SSSR count). The molecule has 0 unspecified atom stereocenters. The summed E-state index contributed by atoms with van der Waals surface area (Å²) in [5, 5.41) is 10.4. The first-order valence-electron chi connectivity index (χ1n) is 18.5. The van der Waals surface area contributed by atoms with Crippen LogP contribution in [0.15, 0.2) is 150 Å². The molecule has 0 bridgehead atoms. The predicted octanol–water partition coefficient (Wildman–Crippen LogP) is 12.9. The van der Waals surface area contributed by atoms with Gasteiger partial charge in [-0.2, -0.15) is 0 Å². The van der Waals surface area contributed by atoms with Crippen LogP contribution < -0.4 is 9.47 Å². The number of aryl methyl sites for hydroxylation is 2. The topological polar surface area (TPSA) is 91.4 Å². The highest BCUT2D eigenvalue weighted by Crippen LogP contribution is 2.37. The van der Waals surface area contributed by atoms with E-state index in [1.54, 1.807) is 60.7 Å². The van der Waals surface area contributed by atoms with E-state index >= 15 is 0 Å². The van der Waals surface area contributed by atoms with Crippen LogP contribution >= 0.6 is 39.1 Å². The standard InChI is InChI=1S/C24H18ClFN2O3.C23H17BrClFN2O/c1-15-5-11-21(28(15)23-4-2-3-20(27-23)24(29)30)19-13-17(25)8-12-22(19)31-14-16-6-9-18(26)10-7-16;1-15-5-11-20(28(15)23-4-2-3-22(24)27-23)19-13-17(25)8-12-21(19)29-14-16-6-9-18(26)10-7-16/h2-13H,14H2,1H3,(H,29,30);2-13H,14H2,1H3. The summed E-state index contributed by atoms with van der Waals surface area (Å²) in [6, 6.07) is 41.7. The average molecular weight is 909 g/mol. The van der Waals surface area contributed by atoms with E-state index in [4.69, 9.17) is 32.7 Å². The molecule has 0 aliphatic heterocycles. The molecule has 60 heavy (non-hydrogen) atoms. The number of pyridine rings is 2. The van der Waals surface area contributed by atoms with Crippen molar-refractivity contribution >= 4 is 45.1 Å². The van der Waals surface area contributed by atoms with Gasteiger partial charge in [-0.15, -0.1) is 0 Å². The van der Waals surface area contributed by atoms with Gasteiger partial charge in [0, 0.05) is 32.6 Å². The van der Waals surface area contributed by atoms with E-state index in [-0.39, 0.29) is 23.9 Å². The van der Waals surface area contributed by atoms with Crippen LogP contribution in [0, 0.1) is 25.5 Å². The van der Waals surface area contributed by atoms with Crippen LogP contribution in [-0.2, 0) is 13.2 Å². The molecule has 13 heteroatoms. The van der Waals surface area contributed by atoms with Crippen molar-refractivity contribution in [2.45, 2.75) is 27.1 Å². The minimum absolute atomic E-state index is 0.0459. The highest BCUT2D eigenvalue weighted by Gasteiger charge is 2.18. The minimum Gasteiger partial charge on any atom is -0.488 e. The van der Waals surface area contributed by atoms with E-state index < -0.39 is 5.97 Å². The number of carboxylic acid groups (broad SMARTS) is 1. The fourth-order valence-electron chi connectivity index (χ4n) is 6.43. The number of nitrogens with zero attached hydrogens (tertiary/aromatic N) is 4. The Hall–Kier alpha value is -6.27. The average Bonchev–Trinajstić information content (AvgIpc) is 3.83. The first kappa shape index (κ1) is 41.9. The number of hydrogen-bond donors (Lipinski definition) is 1. The molecule has 0 radical (unpaired) electrons. The van der Waals surface area contributed by atoms with Crippen LogP contribution in [0.4, 0.5) is 8.78 Å². The summed E-state index contributed by atoms with van der Waals surface area (Å²) in [5.74, 6) is 0.870. The van der Waals surface area contributed by atoms with Crippen molar-refractivity contribution in [3.63, 3.8) is 0 Å². The summed E-state index contributed by atoms with van der Waals surface area (Å²) in [6.45, 7) is 4.50. The number of aromatic nitrogens is 4. The Kier molecular flexibility index (Phi) is 13.1. The molecule has 0 saturated carbocycles. The largest absolute Gasteiger partial charge is 0.488 e. The highest BCUT2D eigenvalue weighted by molar-refractivity contribution is 9.10. The molecule has 0 fully saturated rings. The van der Waals surface area contributed by atoms with Gasteiger partial charge in [0.15, 0.2) is 5.69 Å². The van der Waals surface area contributed by atoms with Crippen LogP contribution in [0.3, 0.4) is 0 Å². The Bertz CT molecular complexity index is 2790. The van der Waals surface area contributed by atoms with Gasteiger partial charge in [-0.25, -0.2) is 23.5 Å². The molecule has 0 aliphatic carbocycles. The zero-order chi connectivity index (χ0) is 42.3. The molecule has 0 aliphatic rings. The van der Waals surface area contributed by atoms with Crippen LogP contribution in [0.5, 0.6) is 11.5 Å². The third kappa shape index (κ3) is 9.94. The molecule has 8 nitrogen and oxygen atoms in total.